The van der Waals surface area contributed by atoms with Crippen molar-refractivity contribution in [3.05, 3.63) is 59.0 Å². The van der Waals surface area contributed by atoms with Crippen LogP contribution >= 0.6 is 0 Å². The van der Waals surface area contributed by atoms with E-state index in [9.17, 15) is 4.79 Å². The van der Waals surface area contributed by atoms with Crippen LogP contribution < -0.4 is 20.3 Å². The molecule has 1 saturated heterocycles. The number of fused-ring (bicyclic) bond motifs is 1. The van der Waals surface area contributed by atoms with Crippen LogP contribution in [-0.2, 0) is 13.6 Å². The van der Waals surface area contributed by atoms with E-state index in [0.29, 0.717) is 24.0 Å². The van der Waals surface area contributed by atoms with E-state index in [1.807, 2.05) is 26.2 Å². The lowest BCUT2D eigenvalue weighted by Crippen LogP contribution is -2.43. The molecule has 0 spiro atoms. The lowest BCUT2D eigenvalue weighted by Gasteiger charge is -2.28. The fourth-order valence-electron chi connectivity index (χ4n) is 5.39. The number of benzene rings is 1. The third-order valence-corrected chi connectivity index (χ3v) is 8.00. The molecule has 1 aliphatic rings. The summed E-state index contributed by atoms with van der Waals surface area (Å²) in [6.07, 6.45) is 5.09. The first-order valence-electron chi connectivity index (χ1n) is 13.7. The molecule has 9 heteroatoms. The minimum Gasteiger partial charge on any atom is -0.480 e. The van der Waals surface area contributed by atoms with Gasteiger partial charge in [-0.3, -0.25) is 9.48 Å². The summed E-state index contributed by atoms with van der Waals surface area (Å²) in [5, 5.41) is 11.9. The normalized spacial score (nSPS) is 14.6. The van der Waals surface area contributed by atoms with Crippen molar-refractivity contribution in [3.8, 4) is 17.0 Å². The van der Waals surface area contributed by atoms with Crippen molar-refractivity contribution in [2.75, 3.05) is 38.2 Å². The molecule has 9 nitrogen and oxygen atoms in total. The number of nitrogens with zero attached hydrogens (tertiary/aromatic N) is 5. The fraction of sp³-hybridized carbons (Fsp3) is 0.433. The Morgan fingerprint density at radius 2 is 1.95 bits per heavy atom. The summed E-state index contributed by atoms with van der Waals surface area (Å²) in [7, 11) is 3.47. The Hall–Kier alpha value is -3.85. The molecule has 0 saturated carbocycles. The summed E-state index contributed by atoms with van der Waals surface area (Å²) in [6.45, 7) is 12.6. The van der Waals surface area contributed by atoms with E-state index in [2.05, 4.69) is 70.4 Å². The van der Waals surface area contributed by atoms with Gasteiger partial charge in [-0.2, -0.15) is 0 Å². The molecular weight excluding hydrogens is 490 g/mol. The zero-order chi connectivity index (χ0) is 27.7. The maximum atomic E-state index is 13.8. The number of ether oxygens (including phenoxy) is 1. The van der Waals surface area contributed by atoms with Gasteiger partial charge in [0.15, 0.2) is 0 Å². The largest absolute Gasteiger partial charge is 0.480 e. The van der Waals surface area contributed by atoms with E-state index in [-0.39, 0.29) is 5.91 Å². The highest BCUT2D eigenvalue weighted by Crippen LogP contribution is 2.34. The number of anilines is 1. The van der Waals surface area contributed by atoms with Crippen LogP contribution in [-0.4, -0.2) is 58.5 Å². The topological polar surface area (TPSA) is 89.2 Å². The number of carbonyl (C=O) groups excluding carboxylic acids is 1. The first-order chi connectivity index (χ1) is 18.8. The average Bonchev–Trinajstić information content (AvgIpc) is 3.46. The molecule has 3 aromatic heterocycles. The molecule has 1 aromatic carbocycles. The van der Waals surface area contributed by atoms with Crippen molar-refractivity contribution in [2.45, 2.75) is 46.7 Å². The van der Waals surface area contributed by atoms with E-state index in [4.69, 9.17) is 9.72 Å². The van der Waals surface area contributed by atoms with E-state index in [1.54, 1.807) is 11.8 Å². The van der Waals surface area contributed by atoms with Crippen LogP contribution in [0.2, 0.25) is 0 Å². The number of pyridine rings is 1. The number of methoxy groups -OCH3 is 1. The van der Waals surface area contributed by atoms with Crippen molar-refractivity contribution in [1.82, 2.24) is 30.0 Å². The van der Waals surface area contributed by atoms with Gasteiger partial charge < -0.3 is 24.8 Å². The third-order valence-electron chi connectivity index (χ3n) is 8.00. The highest BCUT2D eigenvalue weighted by atomic mass is 16.5. The molecule has 1 atom stereocenters. The summed E-state index contributed by atoms with van der Waals surface area (Å²) in [5.41, 5.74) is 6.61. The third kappa shape index (κ3) is 5.11. The second-order valence-electron chi connectivity index (χ2n) is 10.4. The SMILES string of the molecule is CCC(C)n1cc(C)c2c(C(=O)NCc3c(OC)nn(C)c3C)cc(-c3ccc(N4CCNCC4)nc3)cc21. The lowest BCUT2D eigenvalue weighted by atomic mass is 9.98. The standard InChI is InChI=1S/C30H39N7O2/c1-7-20(3)37-18-19(2)28-24(29(38)33-17-25-21(4)35(5)34-30(25)39-6)14-23(15-26(28)37)22-8-9-27(32-16-22)36-12-10-31-11-13-36/h8-9,14-16,18,20,31H,7,10-13,17H2,1-6H3,(H,33,38). The quantitative estimate of drug-likeness (QED) is 0.352. The van der Waals surface area contributed by atoms with Gasteiger partial charge in [-0.05, 0) is 62.6 Å². The van der Waals surface area contributed by atoms with Gasteiger partial charge >= 0.3 is 0 Å². The first kappa shape index (κ1) is 26.7. The van der Waals surface area contributed by atoms with Crippen LogP contribution in [0.5, 0.6) is 5.88 Å². The molecule has 1 aliphatic heterocycles. The summed E-state index contributed by atoms with van der Waals surface area (Å²) in [4.78, 5) is 20.9. The molecule has 4 aromatic rings. The fourth-order valence-corrected chi connectivity index (χ4v) is 5.39. The summed E-state index contributed by atoms with van der Waals surface area (Å²) >= 11 is 0. The number of piperazine rings is 1. The molecule has 5 rings (SSSR count). The molecule has 4 heterocycles. The molecule has 0 radical (unpaired) electrons. The molecule has 0 aliphatic carbocycles. The lowest BCUT2D eigenvalue weighted by molar-refractivity contribution is 0.0952. The number of hydrogen-bond acceptors (Lipinski definition) is 6. The smallest absolute Gasteiger partial charge is 0.252 e. The Balaban J connectivity index is 1.54. The number of carbonyl (C=O) groups is 1. The van der Waals surface area contributed by atoms with Gasteiger partial charge in [0.25, 0.3) is 5.91 Å². The van der Waals surface area contributed by atoms with Crippen LogP contribution in [0.25, 0.3) is 22.0 Å². The second kappa shape index (κ2) is 11.1. The zero-order valence-electron chi connectivity index (χ0n) is 23.8. The first-order valence-corrected chi connectivity index (χ1v) is 13.7. The van der Waals surface area contributed by atoms with Gasteiger partial charge in [-0.1, -0.05) is 6.92 Å². The van der Waals surface area contributed by atoms with Gasteiger partial charge in [0.2, 0.25) is 5.88 Å². The van der Waals surface area contributed by atoms with E-state index < -0.39 is 0 Å². The van der Waals surface area contributed by atoms with Crippen molar-refractivity contribution >= 4 is 22.6 Å². The predicted molar refractivity (Wildman–Crippen MR) is 156 cm³/mol. The van der Waals surface area contributed by atoms with Crippen LogP contribution in [0.3, 0.4) is 0 Å². The van der Waals surface area contributed by atoms with Crippen LogP contribution in [0.4, 0.5) is 5.82 Å². The Morgan fingerprint density at radius 3 is 2.62 bits per heavy atom. The highest BCUT2D eigenvalue weighted by molar-refractivity contribution is 6.09. The Kier molecular flexibility index (Phi) is 7.61. The average molecular weight is 530 g/mol. The summed E-state index contributed by atoms with van der Waals surface area (Å²) in [5.74, 6) is 1.39. The number of amides is 1. The van der Waals surface area contributed by atoms with Gasteiger partial charge in [-0.15, -0.1) is 5.10 Å². The monoisotopic (exact) mass is 529 g/mol. The number of rotatable bonds is 8. The molecule has 39 heavy (non-hydrogen) atoms. The molecule has 0 bridgehead atoms. The van der Waals surface area contributed by atoms with Gasteiger partial charge in [0.05, 0.1) is 19.2 Å². The molecule has 206 valence electrons. The molecule has 1 amide bonds. The Labute approximate surface area is 230 Å². The maximum absolute atomic E-state index is 13.8. The van der Waals surface area contributed by atoms with E-state index in [1.165, 1.54) is 0 Å². The van der Waals surface area contributed by atoms with Crippen LogP contribution in [0, 0.1) is 13.8 Å². The van der Waals surface area contributed by atoms with Crippen LogP contribution in [0.1, 0.15) is 53.5 Å². The minimum absolute atomic E-state index is 0.123. The number of hydrogen-bond donors (Lipinski definition) is 2. The number of nitrogens with one attached hydrogen (secondary N) is 2. The summed E-state index contributed by atoms with van der Waals surface area (Å²) < 4.78 is 9.51. The number of aromatic nitrogens is 4. The minimum atomic E-state index is -0.123. The maximum Gasteiger partial charge on any atom is 0.252 e. The molecule has 2 N–H and O–H groups in total. The van der Waals surface area contributed by atoms with Crippen molar-refractivity contribution in [1.29, 1.82) is 0 Å². The molecular formula is C30H39N7O2. The molecule has 1 fully saturated rings. The van der Waals surface area contributed by atoms with E-state index >= 15 is 0 Å². The highest BCUT2D eigenvalue weighted by Gasteiger charge is 2.21. The zero-order valence-corrected chi connectivity index (χ0v) is 23.8. The predicted octanol–water partition coefficient (Wildman–Crippen LogP) is 4.37. The second-order valence-corrected chi connectivity index (χ2v) is 10.4. The molecule has 1 unspecified atom stereocenters. The van der Waals surface area contributed by atoms with Crippen molar-refractivity contribution in [2.24, 2.45) is 7.05 Å². The van der Waals surface area contributed by atoms with Crippen molar-refractivity contribution < 1.29 is 9.53 Å². The Bertz CT molecular complexity index is 1480. The van der Waals surface area contributed by atoms with Gasteiger partial charge in [0, 0.05) is 79.4 Å². The Morgan fingerprint density at radius 1 is 1.18 bits per heavy atom. The van der Waals surface area contributed by atoms with Crippen LogP contribution in [0.15, 0.2) is 36.7 Å². The van der Waals surface area contributed by atoms with E-state index in [0.717, 1.165) is 77.3 Å². The number of aryl methyl sites for hydroxylation is 2. The van der Waals surface area contributed by atoms with Gasteiger partial charge in [0.1, 0.15) is 5.82 Å². The van der Waals surface area contributed by atoms with Crippen molar-refractivity contribution in [3.63, 3.8) is 0 Å². The summed E-state index contributed by atoms with van der Waals surface area (Å²) in [6, 6.07) is 8.70. The van der Waals surface area contributed by atoms with Gasteiger partial charge in [-0.25, -0.2) is 4.98 Å².